The van der Waals surface area contributed by atoms with Crippen LogP contribution in [0.1, 0.15) is 22.8 Å². The third-order valence-electron chi connectivity index (χ3n) is 2.43. The van der Waals surface area contributed by atoms with Gasteiger partial charge in [-0.1, -0.05) is 11.6 Å². The zero-order valence-electron chi connectivity index (χ0n) is 8.58. The van der Waals surface area contributed by atoms with Crippen LogP contribution in [0.2, 0.25) is 5.02 Å². The largest absolute Gasteiger partial charge is 0.384 e. The Morgan fingerprint density at radius 1 is 1.44 bits per heavy atom. The average molecular weight is 257 g/mol. The van der Waals surface area contributed by atoms with Crippen LogP contribution >= 0.6 is 22.9 Å². The van der Waals surface area contributed by atoms with Crippen molar-refractivity contribution >= 4 is 22.9 Å². The highest BCUT2D eigenvalue weighted by molar-refractivity contribution is 7.08. The standard InChI is InChI=1S/C12H10ClFOS/c1-7-4-9(10(13)5-11(7)14)12(15)8-2-3-16-6-8/h2-6,12,15H,1H3. The normalized spacial score (nSPS) is 12.8. The number of hydrogen-bond donors (Lipinski definition) is 1. The van der Waals surface area contributed by atoms with Crippen molar-refractivity contribution in [1.29, 1.82) is 0 Å². The van der Waals surface area contributed by atoms with Crippen molar-refractivity contribution in [3.05, 3.63) is 56.5 Å². The van der Waals surface area contributed by atoms with Crippen molar-refractivity contribution in [2.75, 3.05) is 0 Å². The molecule has 1 aromatic heterocycles. The summed E-state index contributed by atoms with van der Waals surface area (Å²) in [6.45, 7) is 1.65. The number of thiophene rings is 1. The van der Waals surface area contributed by atoms with E-state index in [1.54, 1.807) is 13.0 Å². The minimum absolute atomic E-state index is 0.252. The van der Waals surface area contributed by atoms with Crippen LogP contribution in [0, 0.1) is 12.7 Å². The monoisotopic (exact) mass is 256 g/mol. The quantitative estimate of drug-likeness (QED) is 0.863. The second-order valence-electron chi connectivity index (χ2n) is 3.58. The Morgan fingerprint density at radius 3 is 2.81 bits per heavy atom. The first-order chi connectivity index (χ1) is 7.59. The van der Waals surface area contributed by atoms with E-state index in [0.29, 0.717) is 11.1 Å². The Labute approximate surface area is 102 Å². The summed E-state index contributed by atoms with van der Waals surface area (Å²) in [4.78, 5) is 0. The topological polar surface area (TPSA) is 20.2 Å². The Hall–Kier alpha value is -0.900. The fraction of sp³-hybridized carbons (Fsp3) is 0.167. The number of aliphatic hydroxyl groups excluding tert-OH is 1. The molecule has 1 nitrogen and oxygen atoms in total. The molecular weight excluding hydrogens is 247 g/mol. The van der Waals surface area contributed by atoms with Crippen molar-refractivity contribution in [1.82, 2.24) is 0 Å². The Kier molecular flexibility index (Phi) is 3.28. The highest BCUT2D eigenvalue weighted by Gasteiger charge is 2.16. The minimum atomic E-state index is -0.793. The van der Waals surface area contributed by atoms with E-state index >= 15 is 0 Å². The summed E-state index contributed by atoms with van der Waals surface area (Å²) in [5, 5.41) is 14.1. The smallest absolute Gasteiger partial charge is 0.127 e. The maximum absolute atomic E-state index is 13.2. The zero-order valence-corrected chi connectivity index (χ0v) is 10.1. The lowest BCUT2D eigenvalue weighted by Gasteiger charge is -2.12. The number of benzene rings is 1. The van der Waals surface area contributed by atoms with E-state index in [2.05, 4.69) is 0 Å². The van der Waals surface area contributed by atoms with E-state index in [9.17, 15) is 9.50 Å². The summed E-state index contributed by atoms with van der Waals surface area (Å²) in [5.41, 5.74) is 1.80. The molecule has 0 spiro atoms. The first-order valence-electron chi connectivity index (χ1n) is 4.75. The molecule has 1 N–H and O–H groups in total. The number of halogens is 2. The lowest BCUT2D eigenvalue weighted by atomic mass is 10.0. The van der Waals surface area contributed by atoms with Crippen LogP contribution in [0.4, 0.5) is 4.39 Å². The molecule has 4 heteroatoms. The van der Waals surface area contributed by atoms with Gasteiger partial charge in [-0.3, -0.25) is 0 Å². The molecule has 0 aliphatic heterocycles. The molecule has 1 unspecified atom stereocenters. The first-order valence-corrected chi connectivity index (χ1v) is 6.07. The molecule has 0 aliphatic rings. The molecule has 0 saturated heterocycles. The molecule has 0 fully saturated rings. The molecule has 0 saturated carbocycles. The van der Waals surface area contributed by atoms with Crippen LogP contribution in [-0.2, 0) is 0 Å². The molecule has 0 radical (unpaired) electrons. The number of hydrogen-bond acceptors (Lipinski definition) is 2. The number of aryl methyl sites for hydroxylation is 1. The van der Waals surface area contributed by atoms with Crippen LogP contribution in [0.3, 0.4) is 0 Å². The Morgan fingerprint density at radius 2 is 2.19 bits per heavy atom. The lowest BCUT2D eigenvalue weighted by molar-refractivity contribution is 0.220. The van der Waals surface area contributed by atoms with Gasteiger partial charge in [0.05, 0.1) is 0 Å². The maximum atomic E-state index is 13.2. The Balaban J connectivity index is 2.44. The van der Waals surface area contributed by atoms with Crippen molar-refractivity contribution in [2.24, 2.45) is 0 Å². The third-order valence-corrected chi connectivity index (χ3v) is 3.46. The van der Waals surface area contributed by atoms with Gasteiger partial charge < -0.3 is 5.11 Å². The van der Waals surface area contributed by atoms with Gasteiger partial charge in [-0.2, -0.15) is 11.3 Å². The van der Waals surface area contributed by atoms with E-state index in [1.165, 1.54) is 17.4 Å². The summed E-state index contributed by atoms with van der Waals surface area (Å²) >= 11 is 7.42. The van der Waals surface area contributed by atoms with Crippen molar-refractivity contribution < 1.29 is 9.50 Å². The van der Waals surface area contributed by atoms with Crippen LogP contribution in [0.5, 0.6) is 0 Å². The molecule has 0 aliphatic carbocycles. The molecule has 2 rings (SSSR count). The average Bonchev–Trinajstić information content (AvgIpc) is 2.75. The van der Waals surface area contributed by atoms with Gasteiger partial charge in [0.25, 0.3) is 0 Å². The fourth-order valence-corrected chi connectivity index (χ4v) is 2.43. The van der Waals surface area contributed by atoms with Crippen LogP contribution in [0.25, 0.3) is 0 Å². The van der Waals surface area contributed by atoms with Gasteiger partial charge in [0.15, 0.2) is 0 Å². The zero-order chi connectivity index (χ0) is 11.7. The molecule has 0 bridgehead atoms. The summed E-state index contributed by atoms with van der Waals surface area (Å²) in [6, 6.07) is 4.65. The SMILES string of the molecule is Cc1cc(C(O)c2ccsc2)c(Cl)cc1F. The molecule has 16 heavy (non-hydrogen) atoms. The minimum Gasteiger partial charge on any atom is -0.384 e. The Bertz CT molecular complexity index is 496. The molecule has 84 valence electrons. The van der Waals surface area contributed by atoms with Gasteiger partial charge in [0.2, 0.25) is 0 Å². The first kappa shape index (κ1) is 11.6. The highest BCUT2D eigenvalue weighted by atomic mass is 35.5. The van der Waals surface area contributed by atoms with E-state index < -0.39 is 6.10 Å². The van der Waals surface area contributed by atoms with Gasteiger partial charge in [-0.05, 0) is 47.0 Å². The van der Waals surface area contributed by atoms with E-state index in [4.69, 9.17) is 11.6 Å². The van der Waals surface area contributed by atoms with E-state index in [0.717, 1.165) is 5.56 Å². The van der Waals surface area contributed by atoms with Gasteiger partial charge in [0.1, 0.15) is 11.9 Å². The lowest BCUT2D eigenvalue weighted by Crippen LogP contribution is -2.00. The van der Waals surface area contributed by atoms with Crippen LogP contribution in [-0.4, -0.2) is 5.11 Å². The van der Waals surface area contributed by atoms with Crippen LogP contribution in [0.15, 0.2) is 29.0 Å². The third kappa shape index (κ3) is 2.12. The van der Waals surface area contributed by atoms with E-state index in [1.807, 2.05) is 16.8 Å². The van der Waals surface area contributed by atoms with Crippen molar-refractivity contribution in [2.45, 2.75) is 13.0 Å². The molecule has 1 heterocycles. The predicted molar refractivity (Wildman–Crippen MR) is 64.5 cm³/mol. The molecule has 0 amide bonds. The summed E-state index contributed by atoms with van der Waals surface area (Å²) in [5.74, 6) is -0.355. The molecule has 1 aromatic carbocycles. The maximum Gasteiger partial charge on any atom is 0.127 e. The predicted octanol–water partition coefficient (Wildman–Crippen LogP) is 3.93. The second-order valence-corrected chi connectivity index (χ2v) is 4.77. The fourth-order valence-electron chi connectivity index (χ4n) is 1.50. The van der Waals surface area contributed by atoms with Gasteiger partial charge in [-0.25, -0.2) is 4.39 Å². The molecule has 2 aromatic rings. The summed E-state index contributed by atoms with van der Waals surface area (Å²) < 4.78 is 13.2. The van der Waals surface area contributed by atoms with E-state index in [-0.39, 0.29) is 10.8 Å². The van der Waals surface area contributed by atoms with Gasteiger partial charge >= 0.3 is 0 Å². The van der Waals surface area contributed by atoms with Gasteiger partial charge in [-0.15, -0.1) is 0 Å². The second kappa shape index (κ2) is 4.53. The molecule has 1 atom stereocenters. The van der Waals surface area contributed by atoms with Crippen molar-refractivity contribution in [3.63, 3.8) is 0 Å². The summed E-state index contributed by atoms with van der Waals surface area (Å²) in [7, 11) is 0. The number of aliphatic hydroxyl groups is 1. The van der Waals surface area contributed by atoms with Crippen LogP contribution < -0.4 is 0 Å². The molecular formula is C12H10ClFOS. The van der Waals surface area contributed by atoms with Gasteiger partial charge in [0, 0.05) is 10.6 Å². The highest BCUT2D eigenvalue weighted by Crippen LogP contribution is 2.31. The number of rotatable bonds is 2. The summed E-state index contributed by atoms with van der Waals surface area (Å²) in [6.07, 6.45) is -0.793. The van der Waals surface area contributed by atoms with Crippen molar-refractivity contribution in [3.8, 4) is 0 Å².